The summed E-state index contributed by atoms with van der Waals surface area (Å²) in [7, 11) is 3.16. The molecule has 48 heavy (non-hydrogen) atoms. The highest BCUT2D eigenvalue weighted by Crippen LogP contribution is 2.34. The highest BCUT2D eigenvalue weighted by molar-refractivity contribution is 6.20. The minimum absolute atomic E-state index is 0.0407. The SMILES string of the molecule is CC(Cl)c1cnc([N+](=O)[O-])n1C.CC(Oc1cnc2cc(N3CCOCC3)nc(OC3CCC(N)CC3)c2c1)c1cnc([N+](=O)[O-])n1C. The first-order valence-corrected chi connectivity index (χ1v) is 16.0. The average Bonchev–Trinajstić information content (AvgIpc) is 3.65. The molecule has 2 fully saturated rings. The number of fused-ring (bicyclic) bond motifs is 1. The van der Waals surface area contributed by atoms with Crippen LogP contribution in [0.15, 0.2) is 30.7 Å². The maximum atomic E-state index is 11.2. The molecule has 258 valence electrons. The Hall–Kier alpha value is -4.61. The van der Waals surface area contributed by atoms with Crippen LogP contribution >= 0.6 is 11.6 Å². The molecule has 6 rings (SSSR count). The molecular formula is C30H39ClN10O7. The van der Waals surface area contributed by atoms with Crippen molar-refractivity contribution in [2.24, 2.45) is 19.8 Å². The van der Waals surface area contributed by atoms with Crippen LogP contribution in [0.25, 0.3) is 10.9 Å². The molecule has 0 spiro atoms. The number of imidazole rings is 2. The van der Waals surface area contributed by atoms with Gasteiger partial charge >= 0.3 is 11.9 Å². The molecule has 4 aromatic rings. The summed E-state index contributed by atoms with van der Waals surface area (Å²) in [5.74, 6) is 1.42. The number of rotatable bonds is 9. The predicted molar refractivity (Wildman–Crippen MR) is 176 cm³/mol. The second kappa shape index (κ2) is 15.1. The van der Waals surface area contributed by atoms with Crippen molar-refractivity contribution in [3.8, 4) is 11.6 Å². The van der Waals surface area contributed by atoms with Crippen LogP contribution in [0.5, 0.6) is 11.6 Å². The monoisotopic (exact) mass is 686 g/mol. The van der Waals surface area contributed by atoms with Gasteiger partial charge in [-0.3, -0.25) is 4.98 Å². The normalized spacial score (nSPS) is 19.2. The molecule has 1 aliphatic carbocycles. The van der Waals surface area contributed by atoms with E-state index < -0.39 is 16.0 Å². The molecule has 4 aromatic heterocycles. The van der Waals surface area contributed by atoms with Crippen LogP contribution in [0.4, 0.5) is 17.7 Å². The van der Waals surface area contributed by atoms with Gasteiger partial charge in [-0.05, 0) is 55.4 Å². The lowest BCUT2D eigenvalue weighted by molar-refractivity contribution is -0.396. The van der Waals surface area contributed by atoms with E-state index in [9.17, 15) is 20.2 Å². The Morgan fingerprint density at radius 2 is 1.54 bits per heavy atom. The Morgan fingerprint density at radius 1 is 0.938 bits per heavy atom. The molecule has 0 aromatic carbocycles. The smallest absolute Gasteiger partial charge is 0.434 e. The summed E-state index contributed by atoms with van der Waals surface area (Å²) < 4.78 is 20.8. The molecule has 2 atom stereocenters. The van der Waals surface area contributed by atoms with Crippen molar-refractivity contribution in [1.82, 2.24) is 29.1 Å². The van der Waals surface area contributed by atoms with Gasteiger partial charge < -0.3 is 45.1 Å². The predicted octanol–water partition coefficient (Wildman–Crippen LogP) is 4.52. The molecule has 5 heterocycles. The molecule has 1 aliphatic heterocycles. The van der Waals surface area contributed by atoms with Crippen molar-refractivity contribution in [1.29, 1.82) is 0 Å². The van der Waals surface area contributed by atoms with Gasteiger partial charge in [0.1, 0.15) is 35.8 Å². The number of alkyl halides is 1. The van der Waals surface area contributed by atoms with Crippen molar-refractivity contribution in [3.63, 3.8) is 0 Å². The summed E-state index contributed by atoms with van der Waals surface area (Å²) in [5.41, 5.74) is 8.06. The number of pyridine rings is 2. The van der Waals surface area contributed by atoms with E-state index in [1.807, 2.05) is 19.1 Å². The van der Waals surface area contributed by atoms with Gasteiger partial charge in [0.15, 0.2) is 11.8 Å². The molecule has 2 N–H and O–H groups in total. The zero-order valence-corrected chi connectivity index (χ0v) is 27.9. The highest BCUT2D eigenvalue weighted by Gasteiger charge is 2.26. The zero-order chi connectivity index (χ0) is 34.5. The van der Waals surface area contributed by atoms with E-state index >= 15 is 0 Å². The maximum absolute atomic E-state index is 11.2. The van der Waals surface area contributed by atoms with Crippen LogP contribution in [0, 0.1) is 20.2 Å². The van der Waals surface area contributed by atoms with Crippen molar-refractivity contribution < 1.29 is 24.1 Å². The Bertz CT molecular complexity index is 1750. The van der Waals surface area contributed by atoms with Gasteiger partial charge in [-0.1, -0.05) is 9.97 Å². The molecule has 2 unspecified atom stereocenters. The number of aromatic nitrogens is 6. The first-order valence-electron chi connectivity index (χ1n) is 15.6. The lowest BCUT2D eigenvalue weighted by Crippen LogP contribution is -2.37. The van der Waals surface area contributed by atoms with Crippen molar-refractivity contribution in [3.05, 3.63) is 62.3 Å². The van der Waals surface area contributed by atoms with Crippen molar-refractivity contribution in [2.75, 3.05) is 31.2 Å². The van der Waals surface area contributed by atoms with E-state index in [-0.39, 0.29) is 29.4 Å². The summed E-state index contributed by atoms with van der Waals surface area (Å²) in [6.07, 6.45) is 7.68. The van der Waals surface area contributed by atoms with Crippen LogP contribution in [-0.4, -0.2) is 77.4 Å². The van der Waals surface area contributed by atoms with E-state index in [1.165, 1.54) is 21.5 Å². The summed E-state index contributed by atoms with van der Waals surface area (Å²) in [6, 6.07) is 4.05. The molecule has 1 saturated carbocycles. The topological polar surface area (TPSA) is 205 Å². The van der Waals surface area contributed by atoms with E-state index in [4.69, 9.17) is 36.5 Å². The van der Waals surface area contributed by atoms with E-state index in [0.717, 1.165) is 55.5 Å². The van der Waals surface area contributed by atoms with Gasteiger partial charge in [0.25, 0.3) is 0 Å². The van der Waals surface area contributed by atoms with Gasteiger partial charge in [-0.25, -0.2) is 9.13 Å². The summed E-state index contributed by atoms with van der Waals surface area (Å²) in [6.45, 7) is 6.37. The second-order valence-corrected chi connectivity index (χ2v) is 12.4. The van der Waals surface area contributed by atoms with E-state index in [0.29, 0.717) is 36.2 Å². The van der Waals surface area contributed by atoms with Gasteiger partial charge in [0, 0.05) is 25.2 Å². The molecule has 0 radical (unpaired) electrons. The third kappa shape index (κ3) is 7.91. The van der Waals surface area contributed by atoms with Crippen LogP contribution < -0.4 is 20.1 Å². The Labute approximate surface area is 281 Å². The van der Waals surface area contributed by atoms with Gasteiger partial charge in [-0.2, -0.15) is 4.98 Å². The van der Waals surface area contributed by atoms with Crippen LogP contribution in [0.2, 0.25) is 0 Å². The Morgan fingerprint density at radius 3 is 2.10 bits per heavy atom. The van der Waals surface area contributed by atoms with E-state index in [2.05, 4.69) is 19.9 Å². The Kier molecular flexibility index (Phi) is 10.9. The minimum atomic E-state index is -0.539. The number of nitrogens with zero attached hydrogens (tertiary/aromatic N) is 9. The molecule has 2 aliphatic rings. The molecule has 1 saturated heterocycles. The second-order valence-electron chi connectivity index (χ2n) is 11.8. The van der Waals surface area contributed by atoms with Gasteiger partial charge in [0.2, 0.25) is 5.88 Å². The fraction of sp³-hybridized carbons (Fsp3) is 0.533. The molecule has 0 bridgehead atoms. The van der Waals surface area contributed by atoms with Crippen molar-refractivity contribution in [2.45, 2.75) is 63.2 Å². The van der Waals surface area contributed by atoms with Gasteiger partial charge in [0.05, 0.1) is 49.8 Å². The quantitative estimate of drug-likeness (QED) is 0.146. The first kappa shape index (κ1) is 34.7. The highest BCUT2D eigenvalue weighted by atomic mass is 35.5. The van der Waals surface area contributed by atoms with Gasteiger partial charge in [-0.15, -0.1) is 11.6 Å². The lowest BCUT2D eigenvalue weighted by Gasteiger charge is -2.30. The number of anilines is 1. The number of hydrogen-bond donors (Lipinski definition) is 1. The fourth-order valence-electron chi connectivity index (χ4n) is 5.71. The van der Waals surface area contributed by atoms with Crippen LogP contribution in [0.3, 0.4) is 0 Å². The Balaban J connectivity index is 0.000000318. The van der Waals surface area contributed by atoms with Crippen molar-refractivity contribution >= 4 is 40.2 Å². The number of ether oxygens (including phenoxy) is 3. The standard InChI is InChI=1S/C24H31N7O5.C6H8ClN3O2/c1-15(21-14-27-24(29(21)2)31(32)33)35-18-11-19-20(26-13-18)12-22(30-7-9-34-10-8-30)28-23(19)36-17-5-3-16(25)4-6-17;1-4(7)5-3-8-6(9(5)2)10(11)12/h11-17H,3-10,25H2,1-2H3;3-4H,1-2H3. The minimum Gasteiger partial charge on any atom is -0.481 e. The fourth-order valence-corrected chi connectivity index (χ4v) is 5.91. The summed E-state index contributed by atoms with van der Waals surface area (Å²) >= 11 is 5.74. The number of morpholine rings is 1. The number of nitrogens with two attached hydrogens (primary N) is 1. The average molecular weight is 687 g/mol. The molecule has 0 amide bonds. The van der Waals surface area contributed by atoms with Crippen LogP contribution in [0.1, 0.15) is 62.4 Å². The number of halogens is 1. The molecule has 17 nitrogen and oxygen atoms in total. The largest absolute Gasteiger partial charge is 0.481 e. The third-order valence-corrected chi connectivity index (χ3v) is 8.62. The third-order valence-electron chi connectivity index (χ3n) is 8.40. The summed E-state index contributed by atoms with van der Waals surface area (Å²) in [4.78, 5) is 39.6. The first-order chi connectivity index (χ1) is 22.9. The zero-order valence-electron chi connectivity index (χ0n) is 27.2. The van der Waals surface area contributed by atoms with E-state index in [1.54, 1.807) is 27.2 Å². The van der Waals surface area contributed by atoms with Crippen LogP contribution in [-0.2, 0) is 18.8 Å². The molecule has 18 heteroatoms. The lowest BCUT2D eigenvalue weighted by atomic mass is 9.94. The number of hydrogen-bond acceptors (Lipinski definition) is 13. The summed E-state index contributed by atoms with van der Waals surface area (Å²) in [5, 5.41) is 22.0. The number of nitro groups is 2. The maximum Gasteiger partial charge on any atom is 0.434 e. The molecular weight excluding hydrogens is 648 g/mol.